The maximum absolute atomic E-state index is 5.19. The average molecular weight is 231 g/mol. The van der Waals surface area contributed by atoms with Gasteiger partial charge in [0.25, 0.3) is 0 Å². The molecule has 17 heavy (non-hydrogen) atoms. The smallest absolute Gasteiger partial charge is 0.0719 e. The fraction of sp³-hybridized carbons (Fsp3) is 0.333. The summed E-state index contributed by atoms with van der Waals surface area (Å²) in [5.41, 5.74) is 2.49. The van der Waals surface area contributed by atoms with Crippen LogP contribution in [0.25, 0.3) is 5.57 Å². The molecule has 0 saturated carbocycles. The Balaban J connectivity index is 0.000000686. The van der Waals surface area contributed by atoms with Gasteiger partial charge in [-0.2, -0.15) is 0 Å². The van der Waals surface area contributed by atoms with E-state index in [0.717, 1.165) is 0 Å². The molecule has 1 atom stereocenters. The Labute approximate surface area is 104 Å². The minimum absolute atomic E-state index is 0.273. The highest BCUT2D eigenvalue weighted by atomic mass is 16.7. The van der Waals surface area contributed by atoms with E-state index in [1.165, 1.54) is 11.1 Å². The van der Waals surface area contributed by atoms with Gasteiger partial charge in [-0.3, -0.25) is 9.90 Å². The third kappa shape index (κ3) is 3.46. The van der Waals surface area contributed by atoms with Gasteiger partial charge >= 0.3 is 0 Å². The van der Waals surface area contributed by atoms with Crippen molar-refractivity contribution in [3.63, 3.8) is 0 Å². The van der Waals surface area contributed by atoms with Crippen LogP contribution in [0, 0.1) is 0 Å². The van der Waals surface area contributed by atoms with Crippen LogP contribution in [0.2, 0.25) is 0 Å². The highest BCUT2D eigenvalue weighted by Gasteiger charge is 2.12. The minimum atomic E-state index is 0.273. The third-order valence-corrected chi connectivity index (χ3v) is 2.54. The van der Waals surface area contributed by atoms with Gasteiger partial charge in [0.05, 0.1) is 13.2 Å². The molecule has 0 radical (unpaired) electrons. The topological polar surface area (TPSA) is 12.5 Å². The van der Waals surface area contributed by atoms with Crippen molar-refractivity contribution in [1.82, 2.24) is 5.06 Å². The van der Waals surface area contributed by atoms with Crippen LogP contribution in [0.5, 0.6) is 0 Å². The molecule has 0 N–H and O–H groups in total. The molecule has 0 aromatic heterocycles. The van der Waals surface area contributed by atoms with Crippen LogP contribution in [0.15, 0.2) is 48.7 Å². The quantitative estimate of drug-likeness (QED) is 0.766. The van der Waals surface area contributed by atoms with E-state index in [-0.39, 0.29) is 6.04 Å². The molecule has 92 valence electrons. The highest BCUT2D eigenvalue weighted by Crippen LogP contribution is 2.22. The number of nitrogens with zero attached hydrogens (tertiary/aromatic N) is 1. The average Bonchev–Trinajstić information content (AvgIpc) is 2.42. The normalized spacial score (nSPS) is 18.2. The summed E-state index contributed by atoms with van der Waals surface area (Å²) in [5.74, 6) is 0. The van der Waals surface area contributed by atoms with Crippen LogP contribution in [-0.2, 0) is 4.84 Å². The van der Waals surface area contributed by atoms with E-state index >= 15 is 0 Å². The van der Waals surface area contributed by atoms with Crippen LogP contribution in [-0.4, -0.2) is 18.2 Å². The van der Waals surface area contributed by atoms with E-state index in [9.17, 15) is 0 Å². The zero-order valence-corrected chi connectivity index (χ0v) is 11.1. The summed E-state index contributed by atoms with van der Waals surface area (Å²) in [7, 11) is 1.68. The van der Waals surface area contributed by atoms with Gasteiger partial charge in [0.15, 0.2) is 0 Å². The Hall–Kier alpha value is -1.54. The highest BCUT2D eigenvalue weighted by molar-refractivity contribution is 5.75. The first-order chi connectivity index (χ1) is 8.31. The van der Waals surface area contributed by atoms with Crippen molar-refractivity contribution in [2.45, 2.75) is 26.8 Å². The predicted molar refractivity (Wildman–Crippen MR) is 73.2 cm³/mol. The van der Waals surface area contributed by atoms with E-state index in [1.54, 1.807) is 7.11 Å². The maximum atomic E-state index is 5.19. The molecule has 2 rings (SSSR count). The summed E-state index contributed by atoms with van der Waals surface area (Å²) in [6, 6.07) is 10.6. The molecule has 0 fully saturated rings. The van der Waals surface area contributed by atoms with Gasteiger partial charge in [-0.15, -0.1) is 0 Å². The van der Waals surface area contributed by atoms with Gasteiger partial charge in [0, 0.05) is 6.20 Å². The Morgan fingerprint density at radius 3 is 2.29 bits per heavy atom. The summed E-state index contributed by atoms with van der Waals surface area (Å²) in [6.07, 6.45) is 6.23. The molecule has 0 amide bonds. The number of rotatable bonds is 2. The van der Waals surface area contributed by atoms with E-state index in [0.29, 0.717) is 0 Å². The van der Waals surface area contributed by atoms with Gasteiger partial charge in [-0.05, 0) is 24.1 Å². The number of allylic oxidation sites excluding steroid dienone is 2. The Morgan fingerprint density at radius 2 is 1.76 bits per heavy atom. The second-order valence-corrected chi connectivity index (χ2v) is 3.59. The zero-order valence-electron chi connectivity index (χ0n) is 11.1. The number of hydrogen-bond acceptors (Lipinski definition) is 2. The molecule has 0 spiro atoms. The number of hydrogen-bond donors (Lipinski definition) is 0. The SMILES string of the molecule is CC.CON1C=CC(c2ccccc2)=CC1C. The van der Waals surface area contributed by atoms with Gasteiger partial charge in [0.2, 0.25) is 0 Å². The molecule has 1 heterocycles. The lowest BCUT2D eigenvalue weighted by Crippen LogP contribution is -2.27. The monoisotopic (exact) mass is 231 g/mol. The Kier molecular flexibility index (Phi) is 5.50. The molecule has 1 aliphatic rings. The van der Waals surface area contributed by atoms with Gasteiger partial charge < -0.3 is 0 Å². The summed E-state index contributed by atoms with van der Waals surface area (Å²) in [5, 5.41) is 1.83. The summed E-state index contributed by atoms with van der Waals surface area (Å²) in [6.45, 7) is 6.11. The van der Waals surface area contributed by atoms with Crippen molar-refractivity contribution in [3.8, 4) is 0 Å². The van der Waals surface area contributed by atoms with Crippen molar-refractivity contribution in [1.29, 1.82) is 0 Å². The zero-order chi connectivity index (χ0) is 12.7. The van der Waals surface area contributed by atoms with Crippen LogP contribution in [0.3, 0.4) is 0 Å². The first-order valence-corrected chi connectivity index (χ1v) is 6.09. The second-order valence-electron chi connectivity index (χ2n) is 3.59. The Morgan fingerprint density at radius 1 is 1.12 bits per heavy atom. The lowest BCUT2D eigenvalue weighted by Gasteiger charge is -2.26. The van der Waals surface area contributed by atoms with E-state index < -0.39 is 0 Å². The van der Waals surface area contributed by atoms with Crippen molar-refractivity contribution in [2.75, 3.05) is 7.11 Å². The molecule has 1 unspecified atom stereocenters. The van der Waals surface area contributed by atoms with Gasteiger partial charge in [-0.25, -0.2) is 0 Å². The molecular weight excluding hydrogens is 210 g/mol. The fourth-order valence-electron chi connectivity index (χ4n) is 1.73. The molecule has 2 nitrogen and oxygen atoms in total. The lowest BCUT2D eigenvalue weighted by molar-refractivity contribution is -0.104. The first kappa shape index (κ1) is 13.5. The summed E-state index contributed by atoms with van der Waals surface area (Å²) < 4.78 is 0. The third-order valence-electron chi connectivity index (χ3n) is 2.54. The minimum Gasteiger partial charge on any atom is -0.277 e. The van der Waals surface area contributed by atoms with E-state index in [4.69, 9.17) is 4.84 Å². The van der Waals surface area contributed by atoms with Crippen LogP contribution >= 0.6 is 0 Å². The van der Waals surface area contributed by atoms with Crippen molar-refractivity contribution in [2.24, 2.45) is 0 Å². The predicted octanol–water partition coefficient (Wildman–Crippen LogP) is 3.88. The summed E-state index contributed by atoms with van der Waals surface area (Å²) >= 11 is 0. The molecule has 0 saturated heterocycles. The van der Waals surface area contributed by atoms with Gasteiger partial charge in [0.1, 0.15) is 0 Å². The molecule has 0 aliphatic carbocycles. The largest absolute Gasteiger partial charge is 0.277 e. The van der Waals surface area contributed by atoms with E-state index in [1.807, 2.05) is 31.2 Å². The van der Waals surface area contributed by atoms with Crippen LogP contribution in [0.1, 0.15) is 26.3 Å². The fourth-order valence-corrected chi connectivity index (χ4v) is 1.73. The lowest BCUT2D eigenvalue weighted by atomic mass is 10.0. The van der Waals surface area contributed by atoms with Crippen molar-refractivity contribution >= 4 is 5.57 Å². The molecule has 2 heteroatoms. The first-order valence-electron chi connectivity index (χ1n) is 6.09. The van der Waals surface area contributed by atoms with Crippen molar-refractivity contribution < 1.29 is 4.84 Å². The van der Waals surface area contributed by atoms with E-state index in [2.05, 4.69) is 43.3 Å². The maximum Gasteiger partial charge on any atom is 0.0719 e. The second kappa shape index (κ2) is 6.92. The number of benzene rings is 1. The van der Waals surface area contributed by atoms with Gasteiger partial charge in [-0.1, -0.05) is 50.3 Å². The molecule has 0 bridgehead atoms. The number of hydroxylamine groups is 2. The molecular formula is C15H21NO. The van der Waals surface area contributed by atoms with Crippen molar-refractivity contribution in [3.05, 3.63) is 54.2 Å². The van der Waals surface area contributed by atoms with Crippen LogP contribution in [0.4, 0.5) is 0 Å². The molecule has 1 aliphatic heterocycles. The standard InChI is InChI=1S/C13H15NO.C2H6/c1-11-10-13(8-9-14(11)15-2)12-6-4-3-5-7-12;1-2/h3-11H,1-2H3;1-2H3. The van der Waals surface area contributed by atoms with Crippen LogP contribution < -0.4 is 0 Å². The molecule has 1 aromatic carbocycles. The summed E-state index contributed by atoms with van der Waals surface area (Å²) in [4.78, 5) is 5.19. The Bertz CT molecular complexity index is 381. The molecule has 1 aromatic rings.